The van der Waals surface area contributed by atoms with Crippen LogP contribution >= 0.6 is 0 Å². The molecule has 1 aromatic heterocycles. The molecule has 2 rings (SSSR count). The molecule has 0 aliphatic heterocycles. The van der Waals surface area contributed by atoms with Gasteiger partial charge in [-0.2, -0.15) is 18.3 Å². The molecule has 1 heterocycles. The van der Waals surface area contributed by atoms with Crippen molar-refractivity contribution in [2.45, 2.75) is 26.1 Å². The van der Waals surface area contributed by atoms with Crippen molar-refractivity contribution in [2.24, 2.45) is 5.73 Å². The van der Waals surface area contributed by atoms with Gasteiger partial charge in [0.25, 0.3) is 5.91 Å². The molecule has 138 valence electrons. The van der Waals surface area contributed by atoms with Crippen molar-refractivity contribution in [1.29, 1.82) is 0 Å². The summed E-state index contributed by atoms with van der Waals surface area (Å²) >= 11 is 0. The third kappa shape index (κ3) is 4.08. The van der Waals surface area contributed by atoms with Crippen molar-refractivity contribution in [3.63, 3.8) is 0 Å². The van der Waals surface area contributed by atoms with Gasteiger partial charge in [-0.15, -0.1) is 0 Å². The lowest BCUT2D eigenvalue weighted by molar-refractivity contribution is -0.137. The third-order valence-corrected chi connectivity index (χ3v) is 3.40. The lowest BCUT2D eigenvalue weighted by Crippen LogP contribution is -2.33. The molecule has 2 aromatic rings. The number of carbonyl (C=O) groups excluding carboxylic acids is 2. The second-order valence-electron chi connectivity index (χ2n) is 5.41. The Morgan fingerprint density at radius 1 is 1.27 bits per heavy atom. The van der Waals surface area contributed by atoms with Crippen LogP contribution in [0.1, 0.15) is 28.7 Å². The average Bonchev–Trinajstić information content (AvgIpc) is 2.54. The second-order valence-corrected chi connectivity index (χ2v) is 5.41. The van der Waals surface area contributed by atoms with E-state index in [0.29, 0.717) is 0 Å². The summed E-state index contributed by atoms with van der Waals surface area (Å²) < 4.78 is 44.4. The molecular formula is C16H14F3N3O4. The molecule has 0 fully saturated rings. The summed E-state index contributed by atoms with van der Waals surface area (Å²) in [6.07, 6.45) is -5.87. The summed E-state index contributed by atoms with van der Waals surface area (Å²) in [7, 11) is 0. The molecule has 1 amide bonds. The van der Waals surface area contributed by atoms with Gasteiger partial charge in [0.15, 0.2) is 6.10 Å². The van der Waals surface area contributed by atoms with Crippen LogP contribution in [0.2, 0.25) is 0 Å². The number of rotatable bonds is 4. The van der Waals surface area contributed by atoms with E-state index in [1.54, 1.807) is 0 Å². The lowest BCUT2D eigenvalue weighted by Gasteiger charge is -2.14. The number of esters is 1. The highest BCUT2D eigenvalue weighted by Gasteiger charge is 2.30. The second kappa shape index (κ2) is 6.98. The van der Waals surface area contributed by atoms with Crippen LogP contribution in [-0.2, 0) is 15.7 Å². The smallest absolute Gasteiger partial charge is 0.416 e. The minimum absolute atomic E-state index is 0.00525. The Balaban J connectivity index is 2.50. The summed E-state index contributed by atoms with van der Waals surface area (Å²) in [6, 6.07) is 5.24. The summed E-state index contributed by atoms with van der Waals surface area (Å²) in [5.41, 5.74) is 2.78. The topological polar surface area (TPSA) is 104 Å². The molecule has 0 aliphatic carbocycles. The van der Waals surface area contributed by atoms with Crippen LogP contribution in [0.25, 0.3) is 5.69 Å². The summed E-state index contributed by atoms with van der Waals surface area (Å²) in [5, 5.41) is 3.79. The van der Waals surface area contributed by atoms with Crippen LogP contribution in [0.3, 0.4) is 0 Å². The summed E-state index contributed by atoms with van der Waals surface area (Å²) in [4.78, 5) is 34.9. The van der Waals surface area contributed by atoms with Crippen LogP contribution in [-0.4, -0.2) is 27.8 Å². The van der Waals surface area contributed by atoms with Crippen LogP contribution < -0.4 is 11.2 Å². The van der Waals surface area contributed by atoms with E-state index in [-0.39, 0.29) is 11.4 Å². The number of aryl methyl sites for hydroxylation is 1. The number of ether oxygens (including phenoxy) is 1. The van der Waals surface area contributed by atoms with Gasteiger partial charge in [0.2, 0.25) is 11.1 Å². The van der Waals surface area contributed by atoms with Gasteiger partial charge in [0.05, 0.1) is 11.3 Å². The van der Waals surface area contributed by atoms with Crippen LogP contribution in [0, 0.1) is 6.92 Å². The van der Waals surface area contributed by atoms with E-state index < -0.39 is 40.8 Å². The molecule has 1 aromatic carbocycles. The Hall–Kier alpha value is -3.17. The van der Waals surface area contributed by atoms with Gasteiger partial charge >= 0.3 is 12.1 Å². The first kappa shape index (κ1) is 19.2. The average molecular weight is 369 g/mol. The number of carbonyl (C=O) groups is 2. The Kier molecular flexibility index (Phi) is 5.15. The fourth-order valence-corrected chi connectivity index (χ4v) is 2.04. The third-order valence-electron chi connectivity index (χ3n) is 3.40. The van der Waals surface area contributed by atoms with Gasteiger partial charge in [-0.25, -0.2) is 9.48 Å². The quantitative estimate of drug-likeness (QED) is 0.824. The molecule has 2 N–H and O–H groups in total. The number of primary amides is 1. The highest BCUT2D eigenvalue weighted by atomic mass is 19.4. The predicted molar refractivity (Wildman–Crippen MR) is 83.6 cm³/mol. The molecule has 0 saturated carbocycles. The first-order valence-corrected chi connectivity index (χ1v) is 7.29. The van der Waals surface area contributed by atoms with Crippen molar-refractivity contribution in [3.8, 4) is 5.69 Å². The van der Waals surface area contributed by atoms with Gasteiger partial charge in [-0.05, 0) is 32.0 Å². The molecule has 26 heavy (non-hydrogen) atoms. The number of hydrogen-bond donors (Lipinski definition) is 1. The Bertz CT molecular complexity index is 922. The Morgan fingerprint density at radius 3 is 2.50 bits per heavy atom. The summed E-state index contributed by atoms with van der Waals surface area (Å²) in [6.45, 7) is 2.65. The Labute approximate surface area is 145 Å². The summed E-state index contributed by atoms with van der Waals surface area (Å²) in [5.74, 6) is -2.13. The minimum atomic E-state index is -4.57. The zero-order valence-electron chi connectivity index (χ0n) is 13.7. The molecule has 0 bridgehead atoms. The van der Waals surface area contributed by atoms with E-state index in [0.717, 1.165) is 22.9 Å². The maximum atomic E-state index is 12.9. The standard InChI is InChI=1S/C16H14F3N3O4/c1-8-6-12(23)13(15(25)26-9(2)14(20)24)21-22(8)11-5-3-4-10(7-11)16(17,18)19/h3-7,9H,1-2H3,(H2,20,24)/t9-/m0/s1. The van der Waals surface area contributed by atoms with Gasteiger partial charge < -0.3 is 10.5 Å². The highest BCUT2D eigenvalue weighted by molar-refractivity contribution is 5.90. The fourth-order valence-electron chi connectivity index (χ4n) is 2.04. The first-order valence-electron chi connectivity index (χ1n) is 7.29. The number of aromatic nitrogens is 2. The van der Waals surface area contributed by atoms with Crippen molar-refractivity contribution in [3.05, 3.63) is 57.5 Å². The molecule has 0 spiro atoms. The number of nitrogens with two attached hydrogens (primary N) is 1. The monoisotopic (exact) mass is 369 g/mol. The number of alkyl halides is 3. The van der Waals surface area contributed by atoms with Crippen molar-refractivity contribution >= 4 is 11.9 Å². The molecule has 1 atom stereocenters. The first-order chi connectivity index (χ1) is 12.0. The number of amides is 1. The van der Waals surface area contributed by atoms with E-state index in [2.05, 4.69) is 5.10 Å². The van der Waals surface area contributed by atoms with Crippen molar-refractivity contribution in [2.75, 3.05) is 0 Å². The zero-order valence-corrected chi connectivity index (χ0v) is 13.7. The molecular weight excluding hydrogens is 355 g/mol. The molecule has 7 nitrogen and oxygen atoms in total. The normalized spacial score (nSPS) is 12.5. The maximum Gasteiger partial charge on any atom is 0.416 e. The van der Waals surface area contributed by atoms with E-state index >= 15 is 0 Å². The van der Waals surface area contributed by atoms with E-state index in [4.69, 9.17) is 10.5 Å². The molecule has 0 aliphatic rings. The van der Waals surface area contributed by atoms with Gasteiger partial charge in [0, 0.05) is 11.8 Å². The lowest BCUT2D eigenvalue weighted by atomic mass is 10.2. The molecule has 0 radical (unpaired) electrons. The number of halogens is 3. The van der Waals surface area contributed by atoms with Crippen LogP contribution in [0.15, 0.2) is 35.1 Å². The SMILES string of the molecule is Cc1cc(=O)c(C(=O)O[C@@H](C)C(N)=O)nn1-c1cccc(C(F)(F)F)c1. The highest BCUT2D eigenvalue weighted by Crippen LogP contribution is 2.30. The van der Waals surface area contributed by atoms with E-state index in [9.17, 15) is 27.6 Å². The van der Waals surface area contributed by atoms with E-state index in [1.807, 2.05) is 0 Å². The van der Waals surface area contributed by atoms with Crippen LogP contribution in [0.4, 0.5) is 13.2 Å². The van der Waals surface area contributed by atoms with Crippen molar-refractivity contribution in [1.82, 2.24) is 9.78 Å². The molecule has 0 saturated heterocycles. The molecule has 0 unspecified atom stereocenters. The van der Waals surface area contributed by atoms with Crippen molar-refractivity contribution < 1.29 is 27.5 Å². The van der Waals surface area contributed by atoms with Crippen LogP contribution in [0.5, 0.6) is 0 Å². The van der Waals surface area contributed by atoms with E-state index in [1.165, 1.54) is 26.0 Å². The maximum absolute atomic E-state index is 12.9. The zero-order chi connectivity index (χ0) is 19.6. The minimum Gasteiger partial charge on any atom is -0.448 e. The van der Waals surface area contributed by atoms with Gasteiger partial charge in [-0.1, -0.05) is 6.07 Å². The van der Waals surface area contributed by atoms with Gasteiger partial charge in [-0.3, -0.25) is 9.59 Å². The number of hydrogen-bond acceptors (Lipinski definition) is 5. The van der Waals surface area contributed by atoms with Gasteiger partial charge in [0.1, 0.15) is 0 Å². The largest absolute Gasteiger partial charge is 0.448 e. The molecule has 10 heteroatoms. The Morgan fingerprint density at radius 2 is 1.92 bits per heavy atom. The fraction of sp³-hybridized carbons (Fsp3) is 0.250. The predicted octanol–water partition coefficient (Wildman–Crippen LogP) is 1.59. The number of benzene rings is 1. The number of nitrogens with zero attached hydrogens (tertiary/aromatic N) is 2.